The van der Waals surface area contributed by atoms with E-state index in [0.717, 1.165) is 7.11 Å². The van der Waals surface area contributed by atoms with E-state index in [0.29, 0.717) is 0 Å². The average Bonchev–Trinajstić information content (AvgIpc) is 1.71. The molecule has 3 radical (unpaired) electrons. The topological polar surface area (TPSA) is 51.7 Å². The van der Waals surface area contributed by atoms with Gasteiger partial charge in [0.15, 0.2) is 0 Å². The summed E-state index contributed by atoms with van der Waals surface area (Å²) in [6.45, 7) is 0. The van der Waals surface area contributed by atoms with Crippen molar-refractivity contribution >= 4 is 48.7 Å². The first-order valence-corrected chi connectivity index (χ1v) is 17.7. The van der Waals surface area contributed by atoms with Gasteiger partial charge in [-0.3, -0.25) is 0 Å². The van der Waals surface area contributed by atoms with Crippen molar-refractivity contribution in [2.45, 2.75) is 19.8 Å². The Morgan fingerprint density at radius 3 is 1.20 bits per heavy atom. The van der Waals surface area contributed by atoms with Gasteiger partial charge in [-0.05, 0) is 0 Å². The molecule has 0 atom stereocenters. The Morgan fingerprint density at radius 1 is 1.20 bits per heavy atom. The number of aliphatic hydroxyl groups is 1. The first-order valence-electron chi connectivity index (χ1n) is 2.64. The summed E-state index contributed by atoms with van der Waals surface area (Å²) in [4.78, 5) is 8.85. The Bertz CT molecular complexity index is 28.9. The minimum absolute atomic E-state index is 0. The Kier molecular flexibility index (Phi) is 69.7. The quantitative estimate of drug-likeness (QED) is 0.625. The summed E-state index contributed by atoms with van der Waals surface area (Å²) in [6, 6.07) is 0. The van der Waals surface area contributed by atoms with Crippen molar-refractivity contribution in [3.05, 3.63) is 0 Å². The van der Waals surface area contributed by atoms with Gasteiger partial charge in [0.25, 0.3) is 0 Å². The van der Waals surface area contributed by atoms with Gasteiger partial charge in [-0.2, -0.15) is 0 Å². The van der Waals surface area contributed by atoms with E-state index in [9.17, 15) is 0 Å². The van der Waals surface area contributed by atoms with E-state index in [-0.39, 0.29) is 26.6 Å². The molecule has 0 bridgehead atoms. The number of halogens is 1. The molecule has 0 aliphatic carbocycles. The summed E-state index contributed by atoms with van der Waals surface area (Å²) in [6.07, 6.45) is 0. The van der Waals surface area contributed by atoms with E-state index in [1.807, 2.05) is 0 Å². The molecular weight excluding hydrogens is 365 g/mol. The average molecular weight is 383 g/mol. The molecule has 0 aliphatic heterocycles. The van der Waals surface area contributed by atoms with Gasteiger partial charge in [0.1, 0.15) is 0 Å². The van der Waals surface area contributed by atoms with Gasteiger partial charge in [-0.15, -0.1) is 0 Å². The number of rotatable bonds is 0. The van der Waals surface area contributed by atoms with Gasteiger partial charge < -0.3 is 10.6 Å². The molecule has 0 amide bonds. The maximum atomic E-state index is 7.00. The van der Waals surface area contributed by atoms with Gasteiger partial charge in [0, 0.05) is 7.11 Å². The Labute approximate surface area is 85.3 Å². The second-order valence-corrected chi connectivity index (χ2v) is 14.3. The van der Waals surface area contributed by atoms with Gasteiger partial charge >= 0.3 is 68.5 Å². The molecule has 0 aromatic rings. The maximum absolute atomic E-state index is 7.00. The molecule has 0 rings (SSSR count). The van der Waals surface area contributed by atoms with Crippen molar-refractivity contribution in [3.8, 4) is 0 Å². The van der Waals surface area contributed by atoms with Gasteiger partial charge in [0.2, 0.25) is 0 Å². The summed E-state index contributed by atoms with van der Waals surface area (Å²) in [7, 11) is 6.47. The van der Waals surface area contributed by atoms with Crippen LogP contribution in [0.3, 0.4) is 0 Å². The molecule has 65 valence electrons. The molecule has 5 heteroatoms. The summed E-state index contributed by atoms with van der Waals surface area (Å²) >= 11 is -0.841. The van der Waals surface area contributed by atoms with Crippen LogP contribution >= 0.6 is 8.92 Å². The first-order chi connectivity index (χ1) is 4.15. The predicted molar refractivity (Wildman–Crippen MR) is 52.6 cm³/mol. The number of hydrogen-bond acceptors (Lipinski definition) is 1. The van der Waals surface area contributed by atoms with Gasteiger partial charge in [-0.1, -0.05) is 0 Å². The van der Waals surface area contributed by atoms with Crippen molar-refractivity contribution in [2.75, 3.05) is 7.11 Å². The Morgan fingerprint density at radius 2 is 1.20 bits per heavy atom. The molecule has 2 nitrogen and oxygen atoms in total. The monoisotopic (exact) mass is 385 g/mol. The SMILES string of the molecule is CO.O.[CH3][Sn]([CH3])[Cl].[CH3][Sn][CH3]. The van der Waals surface area contributed by atoms with Crippen LogP contribution in [0.25, 0.3) is 0 Å². The van der Waals surface area contributed by atoms with Gasteiger partial charge in [-0.25, -0.2) is 0 Å². The third-order valence-electron chi connectivity index (χ3n) is 0. The van der Waals surface area contributed by atoms with Crippen molar-refractivity contribution in [1.82, 2.24) is 0 Å². The van der Waals surface area contributed by atoms with E-state index >= 15 is 0 Å². The van der Waals surface area contributed by atoms with Crippen LogP contribution < -0.4 is 0 Å². The zero-order valence-electron chi connectivity index (χ0n) is 7.33. The fraction of sp³-hybridized carbons (Fsp3) is 1.00. The first kappa shape index (κ1) is 22.6. The molecule has 0 saturated carbocycles. The van der Waals surface area contributed by atoms with Crippen LogP contribution in [0.15, 0.2) is 0 Å². The molecular formula is C5H18ClO2Sn2. The standard InChI is InChI=1S/CH4O.4CH3.ClH.H2O.2Sn/c1-2;;;;;;;;/h2H,1H3;4*1H3;1H;1H2;;/q;;;;;;;;+1/p-1. The van der Waals surface area contributed by atoms with E-state index in [1.54, 1.807) is 0 Å². The van der Waals surface area contributed by atoms with Gasteiger partial charge in [0.05, 0.1) is 0 Å². The predicted octanol–water partition coefficient (Wildman–Crippen LogP) is 1.05. The van der Waals surface area contributed by atoms with E-state index in [4.69, 9.17) is 14.0 Å². The van der Waals surface area contributed by atoms with Crippen LogP contribution in [0.2, 0.25) is 19.8 Å². The van der Waals surface area contributed by atoms with E-state index in [1.165, 1.54) is 0 Å². The minimum atomic E-state index is -1.07. The van der Waals surface area contributed by atoms with Crippen molar-refractivity contribution in [1.29, 1.82) is 0 Å². The molecule has 0 heterocycles. The molecule has 0 aliphatic rings. The molecule has 3 N–H and O–H groups in total. The molecule has 10 heavy (non-hydrogen) atoms. The van der Waals surface area contributed by atoms with Crippen LogP contribution in [0.5, 0.6) is 0 Å². The fourth-order valence-electron chi connectivity index (χ4n) is 0. The normalized spacial score (nSPS) is 6.00. The summed E-state index contributed by atoms with van der Waals surface area (Å²) < 4.78 is 0. The van der Waals surface area contributed by atoms with Crippen LogP contribution in [0.4, 0.5) is 0 Å². The zero-order chi connectivity index (χ0) is 8.28. The van der Waals surface area contributed by atoms with Crippen LogP contribution in [-0.4, -0.2) is 57.5 Å². The second kappa shape index (κ2) is 30.8. The molecule has 0 spiro atoms. The zero-order valence-corrected chi connectivity index (χ0v) is 13.8. The second-order valence-electron chi connectivity index (χ2n) is 1.38. The fourth-order valence-corrected chi connectivity index (χ4v) is 0. The molecule has 0 aromatic heterocycles. The molecule has 0 fully saturated rings. The van der Waals surface area contributed by atoms with Crippen molar-refractivity contribution in [2.24, 2.45) is 0 Å². The van der Waals surface area contributed by atoms with Crippen LogP contribution in [0, 0.1) is 0 Å². The summed E-state index contributed by atoms with van der Waals surface area (Å²) in [5, 5.41) is 7.00. The Balaban J connectivity index is -0.0000000273. The molecule has 0 saturated heterocycles. The number of hydrogen-bond donors (Lipinski definition) is 1. The van der Waals surface area contributed by atoms with Crippen LogP contribution in [0.1, 0.15) is 0 Å². The number of aliphatic hydroxyl groups excluding tert-OH is 1. The van der Waals surface area contributed by atoms with E-state index < -0.39 is 18.6 Å². The third kappa shape index (κ3) is 233. The van der Waals surface area contributed by atoms with Crippen molar-refractivity contribution < 1.29 is 10.6 Å². The Hall–Kier alpha value is 1.81. The van der Waals surface area contributed by atoms with Crippen molar-refractivity contribution in [3.63, 3.8) is 0 Å². The summed E-state index contributed by atoms with van der Waals surface area (Å²) in [5.74, 6) is 0. The molecule has 0 unspecified atom stereocenters. The van der Waals surface area contributed by atoms with Crippen LogP contribution in [-0.2, 0) is 0 Å². The third-order valence-corrected chi connectivity index (χ3v) is 0. The molecule has 0 aromatic carbocycles. The summed E-state index contributed by atoms with van der Waals surface area (Å²) in [5.41, 5.74) is 0. The van der Waals surface area contributed by atoms with E-state index in [2.05, 4.69) is 19.8 Å².